The Hall–Kier alpha value is -1.01. The molecule has 0 bridgehead atoms. The molecule has 0 fully saturated rings. The van der Waals surface area contributed by atoms with Gasteiger partial charge in [0.2, 0.25) is 10.0 Å². The van der Waals surface area contributed by atoms with Crippen molar-refractivity contribution in [2.45, 2.75) is 5.75 Å². The minimum Gasteiger partial charge on any atom is -0.218 e. The van der Waals surface area contributed by atoms with Crippen LogP contribution in [0, 0.1) is 11.6 Å². The van der Waals surface area contributed by atoms with E-state index in [9.17, 15) is 17.2 Å². The molecule has 0 unspecified atom stereocenters. The number of nitrogens with one attached hydrogen (secondary N) is 1. The normalized spacial score (nSPS) is 11.6. The van der Waals surface area contributed by atoms with Crippen LogP contribution in [0.4, 0.5) is 8.78 Å². The summed E-state index contributed by atoms with van der Waals surface area (Å²) in [6, 6.07) is 2.78. The van der Waals surface area contributed by atoms with Crippen LogP contribution >= 0.6 is 0 Å². The Morgan fingerprint density at radius 1 is 1.36 bits per heavy atom. The molecule has 0 heterocycles. The molecule has 0 aliphatic heterocycles. The minimum atomic E-state index is -3.52. The van der Waals surface area contributed by atoms with Gasteiger partial charge in [-0.05, 0) is 13.1 Å². The van der Waals surface area contributed by atoms with Crippen molar-refractivity contribution in [3.05, 3.63) is 35.4 Å². The van der Waals surface area contributed by atoms with E-state index in [4.69, 9.17) is 0 Å². The summed E-state index contributed by atoms with van der Waals surface area (Å²) in [6.07, 6.45) is 0. The highest BCUT2D eigenvalue weighted by Gasteiger charge is 2.12. The highest BCUT2D eigenvalue weighted by Crippen LogP contribution is 2.11. The van der Waals surface area contributed by atoms with Gasteiger partial charge >= 0.3 is 0 Å². The topological polar surface area (TPSA) is 46.2 Å². The van der Waals surface area contributed by atoms with Gasteiger partial charge in [-0.1, -0.05) is 6.07 Å². The fourth-order valence-corrected chi connectivity index (χ4v) is 1.70. The Bertz CT molecular complexity index is 431. The van der Waals surface area contributed by atoms with Gasteiger partial charge in [-0.3, -0.25) is 0 Å². The first kappa shape index (κ1) is 11.1. The van der Waals surface area contributed by atoms with Gasteiger partial charge in [0.15, 0.2) is 0 Å². The third kappa shape index (κ3) is 2.74. The maximum atomic E-state index is 13.0. The average molecular weight is 221 g/mol. The van der Waals surface area contributed by atoms with E-state index < -0.39 is 27.4 Å². The molecule has 6 heteroatoms. The summed E-state index contributed by atoms with van der Waals surface area (Å²) in [5, 5.41) is 0. The predicted octanol–water partition coefficient (Wildman–Crippen LogP) is 1.01. The summed E-state index contributed by atoms with van der Waals surface area (Å²) in [4.78, 5) is 0. The van der Waals surface area contributed by atoms with Crippen molar-refractivity contribution in [3.8, 4) is 0 Å². The van der Waals surface area contributed by atoms with Gasteiger partial charge in [-0.15, -0.1) is 0 Å². The van der Waals surface area contributed by atoms with E-state index in [1.165, 1.54) is 7.05 Å². The number of rotatable bonds is 3. The van der Waals surface area contributed by atoms with Crippen LogP contribution in [0.1, 0.15) is 5.56 Å². The summed E-state index contributed by atoms with van der Waals surface area (Å²) in [5.41, 5.74) is -0.0549. The number of halogens is 2. The van der Waals surface area contributed by atoms with E-state index in [0.29, 0.717) is 6.07 Å². The standard InChI is InChI=1S/C8H9F2NO2S/c1-11-14(12,13)5-6-2-3-7(9)4-8(6)10/h2-4,11H,5H2,1H3. The summed E-state index contributed by atoms with van der Waals surface area (Å²) >= 11 is 0. The maximum Gasteiger partial charge on any atom is 0.215 e. The molecule has 0 aliphatic rings. The Morgan fingerprint density at radius 3 is 2.50 bits per heavy atom. The molecule has 0 saturated heterocycles. The van der Waals surface area contributed by atoms with Gasteiger partial charge in [-0.25, -0.2) is 21.9 Å². The molecule has 0 aromatic heterocycles. The van der Waals surface area contributed by atoms with Gasteiger partial charge < -0.3 is 0 Å². The van der Waals surface area contributed by atoms with Crippen LogP contribution in [-0.4, -0.2) is 15.5 Å². The SMILES string of the molecule is CNS(=O)(=O)Cc1ccc(F)cc1F. The van der Waals surface area contributed by atoms with Crippen LogP contribution in [0.25, 0.3) is 0 Å². The van der Waals surface area contributed by atoms with E-state index in [1.807, 2.05) is 4.72 Å². The number of hydrogen-bond acceptors (Lipinski definition) is 2. The quantitative estimate of drug-likeness (QED) is 0.828. The molecule has 0 atom stereocenters. The van der Waals surface area contributed by atoms with Gasteiger partial charge in [0.1, 0.15) is 11.6 Å². The Morgan fingerprint density at radius 2 is 2.00 bits per heavy atom. The summed E-state index contributed by atoms with van der Waals surface area (Å²) < 4.78 is 49.6. The van der Waals surface area contributed by atoms with Gasteiger partial charge in [-0.2, -0.15) is 0 Å². The van der Waals surface area contributed by atoms with Crippen LogP contribution in [0.2, 0.25) is 0 Å². The van der Waals surface area contributed by atoms with Crippen molar-refractivity contribution in [2.24, 2.45) is 0 Å². The van der Waals surface area contributed by atoms with Crippen molar-refractivity contribution in [1.82, 2.24) is 4.72 Å². The van der Waals surface area contributed by atoms with Gasteiger partial charge in [0, 0.05) is 11.6 Å². The number of hydrogen-bond donors (Lipinski definition) is 1. The van der Waals surface area contributed by atoms with Crippen LogP contribution < -0.4 is 4.72 Å². The summed E-state index contributed by atoms with van der Waals surface area (Å²) in [5.74, 6) is -2.08. The van der Waals surface area contributed by atoms with E-state index in [-0.39, 0.29) is 5.56 Å². The number of sulfonamides is 1. The second-order valence-electron chi connectivity index (χ2n) is 2.70. The fraction of sp³-hybridized carbons (Fsp3) is 0.250. The zero-order valence-electron chi connectivity index (χ0n) is 7.42. The van der Waals surface area contributed by atoms with E-state index >= 15 is 0 Å². The lowest BCUT2D eigenvalue weighted by Gasteiger charge is -2.03. The molecule has 3 nitrogen and oxygen atoms in total. The second-order valence-corrected chi connectivity index (χ2v) is 4.63. The highest BCUT2D eigenvalue weighted by atomic mass is 32.2. The molecular weight excluding hydrogens is 212 g/mol. The van der Waals surface area contributed by atoms with Crippen LogP contribution in [0.15, 0.2) is 18.2 Å². The minimum absolute atomic E-state index is 0.0549. The first-order valence-corrected chi connectivity index (χ1v) is 5.45. The molecule has 1 N–H and O–H groups in total. The lowest BCUT2D eigenvalue weighted by Crippen LogP contribution is -2.20. The molecule has 1 aromatic rings. The molecule has 0 saturated carbocycles. The molecule has 14 heavy (non-hydrogen) atoms. The van der Waals surface area contributed by atoms with Crippen molar-refractivity contribution in [3.63, 3.8) is 0 Å². The number of benzene rings is 1. The molecule has 78 valence electrons. The summed E-state index contributed by atoms with van der Waals surface area (Å²) in [7, 11) is -2.29. The van der Waals surface area contributed by atoms with Gasteiger partial charge in [0.25, 0.3) is 0 Å². The predicted molar refractivity (Wildman–Crippen MR) is 48.0 cm³/mol. The second kappa shape index (κ2) is 4.02. The molecular formula is C8H9F2NO2S. The zero-order chi connectivity index (χ0) is 10.8. The molecule has 0 amide bonds. The third-order valence-corrected chi connectivity index (χ3v) is 2.98. The van der Waals surface area contributed by atoms with E-state index in [1.54, 1.807) is 0 Å². The van der Waals surface area contributed by atoms with Crippen molar-refractivity contribution < 1.29 is 17.2 Å². The van der Waals surface area contributed by atoms with Crippen LogP contribution in [0.5, 0.6) is 0 Å². The maximum absolute atomic E-state index is 13.0. The first-order valence-electron chi connectivity index (χ1n) is 3.80. The van der Waals surface area contributed by atoms with Crippen LogP contribution in [-0.2, 0) is 15.8 Å². The highest BCUT2D eigenvalue weighted by molar-refractivity contribution is 7.88. The largest absolute Gasteiger partial charge is 0.218 e. The monoisotopic (exact) mass is 221 g/mol. The van der Waals surface area contributed by atoms with E-state index in [0.717, 1.165) is 12.1 Å². The van der Waals surface area contributed by atoms with Gasteiger partial charge in [0.05, 0.1) is 5.75 Å². The zero-order valence-corrected chi connectivity index (χ0v) is 8.24. The Kier molecular flexibility index (Phi) is 3.17. The molecule has 0 spiro atoms. The van der Waals surface area contributed by atoms with Crippen molar-refractivity contribution in [2.75, 3.05) is 7.05 Å². The lowest BCUT2D eigenvalue weighted by atomic mass is 10.2. The fourth-order valence-electron chi connectivity index (χ4n) is 0.916. The average Bonchev–Trinajstić information content (AvgIpc) is 2.10. The van der Waals surface area contributed by atoms with Crippen LogP contribution in [0.3, 0.4) is 0 Å². The summed E-state index contributed by atoms with van der Waals surface area (Å²) in [6.45, 7) is 0. The molecule has 1 rings (SSSR count). The lowest BCUT2D eigenvalue weighted by molar-refractivity contribution is 0.567. The van der Waals surface area contributed by atoms with E-state index in [2.05, 4.69) is 0 Å². The molecule has 1 aromatic carbocycles. The smallest absolute Gasteiger partial charge is 0.215 e. The van der Waals surface area contributed by atoms with Crippen molar-refractivity contribution >= 4 is 10.0 Å². The Labute approximate surface area is 80.8 Å². The Balaban J connectivity index is 2.99. The third-order valence-electron chi connectivity index (χ3n) is 1.67. The molecule has 0 radical (unpaired) electrons. The van der Waals surface area contributed by atoms with Crippen molar-refractivity contribution in [1.29, 1.82) is 0 Å². The first-order chi connectivity index (χ1) is 6.44. The molecule has 0 aliphatic carbocycles.